The summed E-state index contributed by atoms with van der Waals surface area (Å²) >= 11 is 3.32. The van der Waals surface area contributed by atoms with Crippen molar-refractivity contribution in [1.82, 2.24) is 4.98 Å². The highest BCUT2D eigenvalue weighted by molar-refractivity contribution is 9.10. The first-order valence-corrected chi connectivity index (χ1v) is 4.89. The third-order valence-corrected chi connectivity index (χ3v) is 2.11. The Morgan fingerprint density at radius 3 is 2.77 bits per heavy atom. The van der Waals surface area contributed by atoms with E-state index >= 15 is 0 Å². The lowest BCUT2D eigenvalue weighted by Crippen LogP contribution is -2.27. The van der Waals surface area contributed by atoms with Gasteiger partial charge in [0.2, 0.25) is 0 Å². The van der Waals surface area contributed by atoms with E-state index in [1.54, 1.807) is 13.1 Å². The molecule has 1 heterocycles. The van der Waals surface area contributed by atoms with Gasteiger partial charge in [0.1, 0.15) is 5.82 Å². The molecule has 0 fully saturated rings. The van der Waals surface area contributed by atoms with Crippen molar-refractivity contribution in [3.63, 3.8) is 0 Å². The predicted octanol–water partition coefficient (Wildman–Crippen LogP) is 1.66. The number of likely N-dealkylation sites (N-methyl/N-ethyl adjacent to an activating group) is 1. The van der Waals surface area contributed by atoms with E-state index in [0.717, 1.165) is 10.3 Å². The van der Waals surface area contributed by atoms with Gasteiger partial charge < -0.3 is 10.0 Å². The van der Waals surface area contributed by atoms with Crippen LogP contribution in [-0.2, 0) is 0 Å². The highest BCUT2D eigenvalue weighted by atomic mass is 79.9. The van der Waals surface area contributed by atoms with Crippen LogP contribution in [0.1, 0.15) is 6.92 Å². The Morgan fingerprint density at radius 1 is 1.62 bits per heavy atom. The minimum Gasteiger partial charge on any atom is -0.392 e. The topological polar surface area (TPSA) is 36.4 Å². The third-order valence-electron chi connectivity index (χ3n) is 1.64. The minimum atomic E-state index is -0.338. The molecule has 0 saturated heterocycles. The van der Waals surface area contributed by atoms with Gasteiger partial charge in [0.25, 0.3) is 0 Å². The van der Waals surface area contributed by atoms with E-state index in [4.69, 9.17) is 5.11 Å². The molecule has 0 saturated carbocycles. The molecule has 3 nitrogen and oxygen atoms in total. The lowest BCUT2D eigenvalue weighted by Gasteiger charge is -2.19. The van der Waals surface area contributed by atoms with Gasteiger partial charge in [-0.25, -0.2) is 4.98 Å². The fraction of sp³-hybridized carbons (Fsp3) is 0.444. The first-order chi connectivity index (χ1) is 6.09. The van der Waals surface area contributed by atoms with Crippen LogP contribution in [-0.4, -0.2) is 29.8 Å². The summed E-state index contributed by atoms with van der Waals surface area (Å²) in [6.07, 6.45) is 1.41. The molecule has 0 spiro atoms. The summed E-state index contributed by atoms with van der Waals surface area (Å²) in [7, 11) is 1.91. The van der Waals surface area contributed by atoms with Crippen molar-refractivity contribution in [2.24, 2.45) is 0 Å². The lowest BCUT2D eigenvalue weighted by atomic mass is 10.3. The number of rotatable bonds is 3. The largest absolute Gasteiger partial charge is 0.392 e. The normalized spacial score (nSPS) is 12.6. The van der Waals surface area contributed by atoms with E-state index in [9.17, 15) is 0 Å². The zero-order valence-electron chi connectivity index (χ0n) is 7.74. The number of hydrogen-bond acceptors (Lipinski definition) is 3. The maximum Gasteiger partial charge on any atom is 0.128 e. The molecule has 0 bridgehead atoms. The molecule has 13 heavy (non-hydrogen) atoms. The average Bonchev–Trinajstić information content (AvgIpc) is 2.04. The number of aliphatic hydroxyl groups is 1. The van der Waals surface area contributed by atoms with Gasteiger partial charge in [0.15, 0.2) is 0 Å². The second kappa shape index (κ2) is 4.58. The zero-order chi connectivity index (χ0) is 9.84. The van der Waals surface area contributed by atoms with Gasteiger partial charge in [-0.15, -0.1) is 0 Å². The van der Waals surface area contributed by atoms with Gasteiger partial charge in [0, 0.05) is 24.3 Å². The molecule has 0 amide bonds. The van der Waals surface area contributed by atoms with Crippen LogP contribution in [0.25, 0.3) is 0 Å². The molecule has 0 aliphatic rings. The van der Waals surface area contributed by atoms with Crippen molar-refractivity contribution in [2.75, 3.05) is 18.5 Å². The summed E-state index contributed by atoms with van der Waals surface area (Å²) in [5, 5.41) is 9.16. The third kappa shape index (κ3) is 3.32. The van der Waals surface area contributed by atoms with Gasteiger partial charge in [-0.1, -0.05) is 0 Å². The van der Waals surface area contributed by atoms with Crippen LogP contribution >= 0.6 is 15.9 Å². The van der Waals surface area contributed by atoms with Crippen LogP contribution in [0.2, 0.25) is 0 Å². The Morgan fingerprint density at radius 2 is 2.31 bits per heavy atom. The average molecular weight is 245 g/mol. The number of aliphatic hydroxyl groups excluding tert-OH is 1. The van der Waals surface area contributed by atoms with Gasteiger partial charge >= 0.3 is 0 Å². The number of pyridine rings is 1. The van der Waals surface area contributed by atoms with Crippen LogP contribution in [0.5, 0.6) is 0 Å². The van der Waals surface area contributed by atoms with Gasteiger partial charge in [-0.05, 0) is 35.0 Å². The maximum absolute atomic E-state index is 9.16. The van der Waals surface area contributed by atoms with Crippen LogP contribution in [0.15, 0.2) is 22.8 Å². The fourth-order valence-electron chi connectivity index (χ4n) is 1.08. The molecular formula is C9H13BrN2O. The molecule has 0 aliphatic carbocycles. The summed E-state index contributed by atoms with van der Waals surface area (Å²) in [5.74, 6) is 0.865. The van der Waals surface area contributed by atoms with E-state index in [1.165, 1.54) is 0 Å². The fourth-order valence-corrected chi connectivity index (χ4v) is 1.32. The van der Waals surface area contributed by atoms with Crippen molar-refractivity contribution < 1.29 is 5.11 Å². The number of nitrogens with zero attached hydrogens (tertiary/aromatic N) is 2. The molecule has 1 aromatic heterocycles. The van der Waals surface area contributed by atoms with Crippen LogP contribution < -0.4 is 4.90 Å². The van der Waals surface area contributed by atoms with E-state index in [0.29, 0.717) is 6.54 Å². The SMILES string of the molecule is C[C@@H](O)CN(C)c1ccc(Br)cn1. The molecule has 0 aliphatic heterocycles. The number of hydrogen-bond donors (Lipinski definition) is 1. The highest BCUT2D eigenvalue weighted by Crippen LogP contribution is 2.13. The molecule has 4 heteroatoms. The summed E-state index contributed by atoms with van der Waals surface area (Å²) < 4.78 is 0.960. The van der Waals surface area contributed by atoms with Gasteiger partial charge in [-0.3, -0.25) is 0 Å². The van der Waals surface area contributed by atoms with E-state index in [1.807, 2.05) is 24.1 Å². The van der Waals surface area contributed by atoms with E-state index in [-0.39, 0.29) is 6.10 Å². The summed E-state index contributed by atoms with van der Waals surface area (Å²) in [6, 6.07) is 3.84. The van der Waals surface area contributed by atoms with Crippen LogP contribution in [0.4, 0.5) is 5.82 Å². The number of anilines is 1. The minimum absolute atomic E-state index is 0.338. The maximum atomic E-state index is 9.16. The van der Waals surface area contributed by atoms with Gasteiger partial charge in [0.05, 0.1) is 6.10 Å². The molecule has 72 valence electrons. The first kappa shape index (κ1) is 10.5. The second-order valence-corrected chi connectivity index (χ2v) is 3.98. The first-order valence-electron chi connectivity index (χ1n) is 4.10. The molecule has 0 unspecified atom stereocenters. The summed E-state index contributed by atoms with van der Waals surface area (Å²) in [5.41, 5.74) is 0. The van der Waals surface area contributed by atoms with Crippen molar-refractivity contribution in [3.8, 4) is 0 Å². The Balaban J connectivity index is 2.66. The molecule has 0 aromatic carbocycles. The number of aromatic nitrogens is 1. The van der Waals surface area contributed by atoms with Crippen molar-refractivity contribution in [3.05, 3.63) is 22.8 Å². The monoisotopic (exact) mass is 244 g/mol. The summed E-state index contributed by atoms with van der Waals surface area (Å²) in [4.78, 5) is 6.11. The van der Waals surface area contributed by atoms with Crippen molar-refractivity contribution >= 4 is 21.7 Å². The van der Waals surface area contributed by atoms with Crippen LogP contribution in [0, 0.1) is 0 Å². The lowest BCUT2D eigenvalue weighted by molar-refractivity contribution is 0.201. The quantitative estimate of drug-likeness (QED) is 0.879. The molecule has 1 N–H and O–H groups in total. The summed E-state index contributed by atoms with van der Waals surface area (Å²) in [6.45, 7) is 2.35. The molecule has 1 aromatic rings. The highest BCUT2D eigenvalue weighted by Gasteiger charge is 2.04. The van der Waals surface area contributed by atoms with Crippen molar-refractivity contribution in [1.29, 1.82) is 0 Å². The zero-order valence-corrected chi connectivity index (χ0v) is 9.32. The molecule has 1 rings (SSSR count). The Labute approximate surface area is 86.5 Å². The van der Waals surface area contributed by atoms with Crippen molar-refractivity contribution in [2.45, 2.75) is 13.0 Å². The number of halogens is 1. The van der Waals surface area contributed by atoms with Gasteiger partial charge in [-0.2, -0.15) is 0 Å². The molecule has 1 atom stereocenters. The van der Waals surface area contributed by atoms with E-state index < -0.39 is 0 Å². The Hall–Kier alpha value is -0.610. The van der Waals surface area contributed by atoms with Crippen LogP contribution in [0.3, 0.4) is 0 Å². The second-order valence-electron chi connectivity index (χ2n) is 3.06. The molecule has 0 radical (unpaired) electrons. The standard InChI is InChI=1S/C9H13BrN2O/c1-7(13)6-12(2)9-4-3-8(10)5-11-9/h3-5,7,13H,6H2,1-2H3/t7-/m1/s1. The Bertz CT molecular complexity index is 261. The molecular weight excluding hydrogens is 232 g/mol. The smallest absolute Gasteiger partial charge is 0.128 e. The van der Waals surface area contributed by atoms with E-state index in [2.05, 4.69) is 20.9 Å². The Kier molecular flexibility index (Phi) is 3.69. The predicted molar refractivity (Wildman–Crippen MR) is 56.9 cm³/mol.